The van der Waals surface area contributed by atoms with Gasteiger partial charge in [0, 0.05) is 0 Å². The van der Waals surface area contributed by atoms with E-state index in [4.69, 9.17) is 0 Å². The minimum atomic E-state index is 0.727. The van der Waals surface area contributed by atoms with E-state index < -0.39 is 0 Å². The van der Waals surface area contributed by atoms with Crippen LogP contribution >= 0.6 is 0 Å². The predicted molar refractivity (Wildman–Crippen MR) is 100 cm³/mol. The van der Waals surface area contributed by atoms with Gasteiger partial charge < -0.3 is 0 Å². The predicted octanol–water partition coefficient (Wildman–Crippen LogP) is 7.05. The zero-order valence-electron chi connectivity index (χ0n) is 16.1. The fraction of sp³-hybridized carbons (Fsp3) is 0.727. The summed E-state index contributed by atoms with van der Waals surface area (Å²) in [6.07, 6.45) is 6.92. The summed E-state index contributed by atoms with van der Waals surface area (Å²) < 4.78 is 0. The van der Waals surface area contributed by atoms with E-state index in [-0.39, 0.29) is 0 Å². The minimum absolute atomic E-state index is 0.727. The van der Waals surface area contributed by atoms with Crippen molar-refractivity contribution in [2.45, 2.75) is 80.6 Å². The summed E-state index contributed by atoms with van der Waals surface area (Å²) in [4.78, 5) is 0. The van der Waals surface area contributed by atoms with Crippen LogP contribution in [0.3, 0.4) is 0 Å². The Morgan fingerprint density at radius 2 is 1.68 bits per heavy atom. The first-order valence-corrected chi connectivity index (χ1v) is 9.45. The number of hydrogen-bond donors (Lipinski definition) is 0. The van der Waals surface area contributed by atoms with Crippen LogP contribution in [0, 0.1) is 30.1 Å². The van der Waals surface area contributed by atoms with E-state index in [1.54, 1.807) is 0 Å². The highest BCUT2D eigenvalue weighted by Gasteiger charge is 2.51. The van der Waals surface area contributed by atoms with Crippen molar-refractivity contribution in [2.24, 2.45) is 23.2 Å². The SMILES string of the molecule is CC1CC2CC[C@]1(C)C2C.CCC.CCc1ccccc1C. The molecule has 0 nitrogen and oxygen atoms in total. The van der Waals surface area contributed by atoms with Crippen LogP contribution in [0.1, 0.15) is 78.4 Å². The second kappa shape index (κ2) is 8.75. The second-order valence-electron chi connectivity index (χ2n) is 7.72. The monoisotopic (exact) mass is 302 g/mol. The molecule has 1 aromatic carbocycles. The molecule has 0 spiro atoms. The normalized spacial score (nSPS) is 31.9. The topological polar surface area (TPSA) is 0 Å². The lowest BCUT2D eigenvalue weighted by molar-refractivity contribution is 0.192. The van der Waals surface area contributed by atoms with Gasteiger partial charge in [0.15, 0.2) is 0 Å². The van der Waals surface area contributed by atoms with Crippen LogP contribution in [-0.4, -0.2) is 0 Å². The average Bonchev–Trinajstić information content (AvgIpc) is 2.89. The average molecular weight is 303 g/mol. The van der Waals surface area contributed by atoms with E-state index in [1.165, 1.54) is 36.8 Å². The van der Waals surface area contributed by atoms with Crippen LogP contribution in [0.2, 0.25) is 0 Å². The summed E-state index contributed by atoms with van der Waals surface area (Å²) in [5, 5.41) is 0. The molecule has 0 radical (unpaired) electrons. The Kier molecular flexibility index (Phi) is 7.66. The Morgan fingerprint density at radius 3 is 1.95 bits per heavy atom. The van der Waals surface area contributed by atoms with Crippen molar-refractivity contribution in [2.75, 3.05) is 0 Å². The van der Waals surface area contributed by atoms with E-state index in [0.717, 1.165) is 29.6 Å². The summed E-state index contributed by atoms with van der Waals surface area (Å²) in [6.45, 7) is 16.0. The third kappa shape index (κ3) is 4.37. The van der Waals surface area contributed by atoms with Crippen LogP contribution in [-0.2, 0) is 6.42 Å². The van der Waals surface area contributed by atoms with Gasteiger partial charge >= 0.3 is 0 Å². The van der Waals surface area contributed by atoms with E-state index in [0.29, 0.717) is 0 Å². The quantitative estimate of drug-likeness (QED) is 0.521. The van der Waals surface area contributed by atoms with Crippen molar-refractivity contribution in [3.05, 3.63) is 35.4 Å². The Bertz CT molecular complexity index is 433. The number of hydrogen-bond acceptors (Lipinski definition) is 0. The van der Waals surface area contributed by atoms with Crippen LogP contribution in [0.4, 0.5) is 0 Å². The van der Waals surface area contributed by atoms with Gasteiger partial charge in [-0.3, -0.25) is 0 Å². The van der Waals surface area contributed by atoms with E-state index in [9.17, 15) is 0 Å². The molecule has 0 aliphatic heterocycles. The molecule has 4 atom stereocenters. The first-order valence-electron chi connectivity index (χ1n) is 9.45. The molecule has 2 fully saturated rings. The van der Waals surface area contributed by atoms with Gasteiger partial charge in [0.2, 0.25) is 0 Å². The molecule has 0 N–H and O–H groups in total. The minimum Gasteiger partial charge on any atom is -0.0656 e. The number of rotatable bonds is 1. The zero-order chi connectivity index (χ0) is 16.8. The number of benzene rings is 1. The standard InChI is InChI=1S/C10H18.C9H12.C3H8/c1-7-6-9-4-5-10(7,3)8(9)2;1-3-9-7-5-4-6-8(9)2;1-3-2/h7-9H,4-6H2,1-3H3;4-7H,3H2,1-2H3;3H2,1-2H3/t7?,8?,9?,10-;;/m0../s1. The molecule has 126 valence electrons. The highest BCUT2D eigenvalue weighted by Crippen LogP contribution is 2.60. The summed E-state index contributed by atoms with van der Waals surface area (Å²) in [6, 6.07) is 8.49. The third-order valence-electron chi connectivity index (χ3n) is 6.23. The Labute approximate surface area is 139 Å². The van der Waals surface area contributed by atoms with Gasteiger partial charge in [-0.15, -0.1) is 0 Å². The highest BCUT2D eigenvalue weighted by atomic mass is 14.6. The molecule has 2 bridgehead atoms. The Hall–Kier alpha value is -0.780. The van der Waals surface area contributed by atoms with Crippen LogP contribution < -0.4 is 0 Å². The molecule has 0 saturated heterocycles. The molecule has 3 unspecified atom stereocenters. The maximum Gasteiger partial charge on any atom is -0.0272 e. The molecular formula is C22H38. The van der Waals surface area contributed by atoms with E-state index in [2.05, 4.69) is 72.7 Å². The molecule has 1 aromatic rings. The smallest absolute Gasteiger partial charge is 0.0272 e. The van der Waals surface area contributed by atoms with Crippen molar-refractivity contribution in [1.82, 2.24) is 0 Å². The van der Waals surface area contributed by atoms with E-state index in [1.807, 2.05) is 0 Å². The molecule has 0 aromatic heterocycles. The van der Waals surface area contributed by atoms with Crippen molar-refractivity contribution in [3.63, 3.8) is 0 Å². The lowest BCUT2D eigenvalue weighted by atomic mass is 9.75. The van der Waals surface area contributed by atoms with Crippen molar-refractivity contribution in [1.29, 1.82) is 0 Å². The lowest BCUT2D eigenvalue weighted by Gasteiger charge is -2.30. The summed E-state index contributed by atoms with van der Waals surface area (Å²) in [7, 11) is 0. The Morgan fingerprint density at radius 1 is 1.09 bits per heavy atom. The molecule has 0 heterocycles. The molecule has 2 aliphatic carbocycles. The van der Waals surface area contributed by atoms with Crippen molar-refractivity contribution >= 4 is 0 Å². The van der Waals surface area contributed by atoms with Gasteiger partial charge in [0.25, 0.3) is 0 Å². The maximum absolute atomic E-state index is 2.50. The van der Waals surface area contributed by atoms with E-state index >= 15 is 0 Å². The highest BCUT2D eigenvalue weighted by molar-refractivity contribution is 5.25. The number of fused-ring (bicyclic) bond motifs is 2. The molecule has 0 amide bonds. The van der Waals surface area contributed by atoms with Gasteiger partial charge in [-0.1, -0.05) is 72.2 Å². The van der Waals surface area contributed by atoms with Crippen molar-refractivity contribution < 1.29 is 0 Å². The largest absolute Gasteiger partial charge is 0.0656 e. The third-order valence-corrected chi connectivity index (χ3v) is 6.23. The molecule has 22 heavy (non-hydrogen) atoms. The first kappa shape index (κ1) is 19.3. The van der Waals surface area contributed by atoms with Gasteiger partial charge in [0.1, 0.15) is 0 Å². The van der Waals surface area contributed by atoms with Gasteiger partial charge in [-0.2, -0.15) is 0 Å². The summed E-state index contributed by atoms with van der Waals surface area (Å²) in [5.41, 5.74) is 3.59. The maximum atomic E-state index is 2.50. The summed E-state index contributed by atoms with van der Waals surface area (Å²) in [5.74, 6) is 3.10. The molecule has 0 heteroatoms. The fourth-order valence-corrected chi connectivity index (χ4v) is 4.26. The summed E-state index contributed by atoms with van der Waals surface area (Å²) >= 11 is 0. The first-order chi connectivity index (χ1) is 10.4. The fourth-order valence-electron chi connectivity index (χ4n) is 4.26. The molecule has 2 saturated carbocycles. The van der Waals surface area contributed by atoms with Gasteiger partial charge in [-0.05, 0) is 66.9 Å². The van der Waals surface area contributed by atoms with Gasteiger partial charge in [-0.25, -0.2) is 0 Å². The molecule has 3 rings (SSSR count). The zero-order valence-corrected chi connectivity index (χ0v) is 16.1. The van der Waals surface area contributed by atoms with Crippen LogP contribution in [0.25, 0.3) is 0 Å². The lowest BCUT2D eigenvalue weighted by Crippen LogP contribution is -2.22. The van der Waals surface area contributed by atoms with Crippen LogP contribution in [0.5, 0.6) is 0 Å². The van der Waals surface area contributed by atoms with Crippen LogP contribution in [0.15, 0.2) is 24.3 Å². The Balaban J connectivity index is 0.000000189. The number of aryl methyl sites for hydroxylation is 2. The second-order valence-corrected chi connectivity index (χ2v) is 7.72. The van der Waals surface area contributed by atoms with Crippen molar-refractivity contribution in [3.8, 4) is 0 Å². The molecular weight excluding hydrogens is 264 g/mol. The van der Waals surface area contributed by atoms with Gasteiger partial charge in [0.05, 0.1) is 0 Å². The molecule has 2 aliphatic rings.